The number of carbonyl (C=O) groups excluding carboxylic acids is 1. The van der Waals surface area contributed by atoms with Crippen LogP contribution in [0.4, 0.5) is 0 Å². The van der Waals surface area contributed by atoms with Crippen molar-refractivity contribution in [2.45, 2.75) is 0 Å². The third-order valence-corrected chi connectivity index (χ3v) is 6.87. The molecule has 0 amide bonds. The molecule has 1 aliphatic rings. The van der Waals surface area contributed by atoms with Gasteiger partial charge in [0, 0.05) is 46.7 Å². The minimum absolute atomic E-state index is 0. The van der Waals surface area contributed by atoms with Crippen molar-refractivity contribution in [3.05, 3.63) is 121 Å². The maximum atomic E-state index is 13.2. The number of hydrogen-bond donors (Lipinski definition) is 2. The zero-order valence-corrected chi connectivity index (χ0v) is 25.0. The molecular formula is C33H18N4O3Ru2. The second-order valence-corrected chi connectivity index (χ2v) is 9.21. The van der Waals surface area contributed by atoms with Gasteiger partial charge in [-0.25, -0.2) is 0 Å². The van der Waals surface area contributed by atoms with Gasteiger partial charge in [0.15, 0.2) is 5.78 Å². The number of ketones is 1. The van der Waals surface area contributed by atoms with Crippen LogP contribution in [0.5, 0.6) is 11.5 Å². The molecule has 0 saturated carbocycles. The van der Waals surface area contributed by atoms with Gasteiger partial charge in [0.2, 0.25) is 0 Å². The molecule has 42 heavy (non-hydrogen) atoms. The predicted molar refractivity (Wildman–Crippen MR) is 149 cm³/mol. The fourth-order valence-corrected chi connectivity index (χ4v) is 4.90. The molecule has 0 unspecified atom stereocenters. The van der Waals surface area contributed by atoms with E-state index in [2.05, 4.69) is 22.1 Å². The van der Waals surface area contributed by atoms with Gasteiger partial charge in [-0.2, -0.15) is 36.4 Å². The largest absolute Gasteiger partial charge is 1.00 e. The number of fused-ring (bicyclic) bond motifs is 3. The standard InChI is InChI=1S/C33H18N4O3.2Ru/c38-31-19(25-11-1-3-17-34-25)7-5-9-21(31)27-15-13-23-29(36-27)30-24(33(23)40)14-16-28(37-30)22-10-6-8-20(32(22)39)26-12-2-4-18-35-26;;/h1-4,7-18,38-39H;;/q-2;2*+1. The number of aromatic nitrogens is 4. The molecule has 7 rings (SSSR count). The summed E-state index contributed by atoms with van der Waals surface area (Å²) < 4.78 is 0. The first-order valence-electron chi connectivity index (χ1n) is 12.5. The van der Waals surface area contributed by atoms with E-state index in [0.29, 0.717) is 67.5 Å². The van der Waals surface area contributed by atoms with Gasteiger partial charge in [0.1, 0.15) is 0 Å². The molecule has 2 radical (unpaired) electrons. The Balaban J connectivity index is 0.00000176. The van der Waals surface area contributed by atoms with E-state index in [1.807, 2.05) is 12.1 Å². The van der Waals surface area contributed by atoms with Gasteiger partial charge in [-0.05, 0) is 48.5 Å². The number of carbonyl (C=O) groups is 1. The molecule has 0 atom stereocenters. The maximum Gasteiger partial charge on any atom is 1.00 e. The molecule has 4 heterocycles. The van der Waals surface area contributed by atoms with E-state index in [4.69, 9.17) is 9.97 Å². The molecular weight excluding hydrogens is 703 g/mol. The molecule has 7 nitrogen and oxygen atoms in total. The molecule has 4 aromatic heterocycles. The van der Waals surface area contributed by atoms with E-state index in [0.717, 1.165) is 0 Å². The van der Waals surface area contributed by atoms with E-state index >= 15 is 0 Å². The monoisotopic (exact) mass is 722 g/mol. The molecule has 0 fully saturated rings. The van der Waals surface area contributed by atoms with Crippen LogP contribution in [0.3, 0.4) is 0 Å². The third kappa shape index (κ3) is 4.85. The van der Waals surface area contributed by atoms with Crippen LogP contribution in [0.15, 0.2) is 97.3 Å². The van der Waals surface area contributed by atoms with Crippen molar-refractivity contribution in [3.8, 4) is 67.9 Å². The predicted octanol–water partition coefficient (Wildman–Crippen LogP) is 6.15. The Morgan fingerprint density at radius 2 is 0.905 bits per heavy atom. The summed E-state index contributed by atoms with van der Waals surface area (Å²) in [7, 11) is 0. The number of aromatic hydroxyl groups is 2. The van der Waals surface area contributed by atoms with Gasteiger partial charge in [-0.15, -0.1) is 0 Å². The molecule has 0 bridgehead atoms. The van der Waals surface area contributed by atoms with Crippen molar-refractivity contribution in [2.75, 3.05) is 0 Å². The number of nitrogens with zero attached hydrogens (tertiary/aromatic N) is 4. The van der Waals surface area contributed by atoms with Gasteiger partial charge in [-0.1, -0.05) is 34.4 Å². The quantitative estimate of drug-likeness (QED) is 0.166. The van der Waals surface area contributed by atoms with Crippen molar-refractivity contribution in [3.63, 3.8) is 0 Å². The van der Waals surface area contributed by atoms with Crippen LogP contribution in [-0.4, -0.2) is 35.9 Å². The van der Waals surface area contributed by atoms with Crippen molar-refractivity contribution in [1.29, 1.82) is 0 Å². The topological polar surface area (TPSA) is 109 Å². The van der Waals surface area contributed by atoms with Crippen LogP contribution in [0.2, 0.25) is 0 Å². The normalized spacial score (nSPS) is 11.2. The summed E-state index contributed by atoms with van der Waals surface area (Å²) in [6, 6.07) is 30.4. The molecule has 9 heteroatoms. The number of hydrogen-bond acceptors (Lipinski definition) is 7. The van der Waals surface area contributed by atoms with Crippen LogP contribution in [0, 0.1) is 12.1 Å². The van der Waals surface area contributed by atoms with Gasteiger partial charge < -0.3 is 10.2 Å². The zero-order chi connectivity index (χ0) is 27.2. The molecule has 2 aromatic carbocycles. The minimum Gasteiger partial charge on any atom is -0.532 e. The number of phenolic OH excluding ortho intramolecular Hbond substituents is 2. The van der Waals surface area contributed by atoms with Crippen LogP contribution < -0.4 is 0 Å². The summed E-state index contributed by atoms with van der Waals surface area (Å²) >= 11 is 0. The summed E-state index contributed by atoms with van der Waals surface area (Å²) in [6.07, 6.45) is 3.31. The SMILES string of the molecule is O=C1c2ccc(-c3c[c-]cc(-c4ccccn4)c3O)nc2-c2nc(-c3c[c-]cc(-c4ccccn4)c3O)ccc21.[Ru+].[Ru+]. The Morgan fingerprint density at radius 3 is 1.29 bits per heavy atom. The van der Waals surface area contributed by atoms with Crippen LogP contribution in [0.25, 0.3) is 56.4 Å². The van der Waals surface area contributed by atoms with Crippen molar-refractivity contribution < 1.29 is 54.0 Å². The molecule has 6 aromatic rings. The number of benzene rings is 2. The van der Waals surface area contributed by atoms with E-state index in [9.17, 15) is 15.0 Å². The van der Waals surface area contributed by atoms with E-state index in [1.165, 1.54) is 0 Å². The van der Waals surface area contributed by atoms with E-state index in [-0.39, 0.29) is 56.2 Å². The molecule has 0 saturated heterocycles. The summed E-state index contributed by atoms with van der Waals surface area (Å²) in [5.41, 5.74) is 5.77. The summed E-state index contributed by atoms with van der Waals surface area (Å²) in [4.78, 5) is 31.4. The smallest absolute Gasteiger partial charge is 0.532 e. The zero-order valence-electron chi connectivity index (χ0n) is 21.5. The average molecular weight is 721 g/mol. The molecule has 0 aliphatic heterocycles. The second kappa shape index (κ2) is 11.8. The Bertz CT molecular complexity index is 1810. The average Bonchev–Trinajstić information content (AvgIpc) is 3.28. The van der Waals surface area contributed by atoms with E-state index in [1.54, 1.807) is 85.2 Å². The van der Waals surface area contributed by atoms with Crippen LogP contribution in [-0.2, 0) is 39.0 Å². The van der Waals surface area contributed by atoms with Crippen molar-refractivity contribution in [2.24, 2.45) is 0 Å². The van der Waals surface area contributed by atoms with Gasteiger partial charge >= 0.3 is 39.0 Å². The fraction of sp³-hybridized carbons (Fsp3) is 0. The third-order valence-electron chi connectivity index (χ3n) is 6.87. The number of pyridine rings is 4. The first-order valence-corrected chi connectivity index (χ1v) is 12.5. The number of phenols is 2. The molecule has 0 spiro atoms. The molecule has 1 aliphatic carbocycles. The first kappa shape index (κ1) is 29.1. The van der Waals surface area contributed by atoms with Gasteiger partial charge in [0.05, 0.1) is 22.5 Å². The van der Waals surface area contributed by atoms with E-state index < -0.39 is 0 Å². The van der Waals surface area contributed by atoms with Gasteiger partial charge in [0.25, 0.3) is 0 Å². The van der Waals surface area contributed by atoms with Crippen molar-refractivity contribution >= 4 is 5.78 Å². The van der Waals surface area contributed by atoms with Gasteiger partial charge in [-0.3, -0.25) is 24.7 Å². The fourth-order valence-electron chi connectivity index (χ4n) is 4.90. The summed E-state index contributed by atoms with van der Waals surface area (Å²) in [5.74, 6) is -0.148. The van der Waals surface area contributed by atoms with Crippen LogP contribution in [0.1, 0.15) is 15.9 Å². The first-order chi connectivity index (χ1) is 19.6. The summed E-state index contributed by atoms with van der Waals surface area (Å²) in [6.45, 7) is 0. The minimum atomic E-state index is -0.181. The van der Waals surface area contributed by atoms with Crippen molar-refractivity contribution in [1.82, 2.24) is 19.9 Å². The Hall–Kier alpha value is -4.44. The maximum absolute atomic E-state index is 13.2. The Morgan fingerprint density at radius 1 is 0.500 bits per heavy atom. The molecule has 204 valence electrons. The molecule has 2 N–H and O–H groups in total. The Kier molecular flexibility index (Phi) is 8.17. The summed E-state index contributed by atoms with van der Waals surface area (Å²) in [5, 5.41) is 22.2. The second-order valence-electron chi connectivity index (χ2n) is 9.21. The van der Waals surface area contributed by atoms with Crippen LogP contribution >= 0.6 is 0 Å². The number of rotatable bonds is 4. The Labute approximate surface area is 266 Å².